The van der Waals surface area contributed by atoms with Crippen LogP contribution in [0.2, 0.25) is 0 Å². The van der Waals surface area contributed by atoms with Crippen molar-refractivity contribution < 1.29 is 14.6 Å². The number of nitrogens with one attached hydrogen (secondary N) is 1. The Morgan fingerprint density at radius 3 is 2.59 bits per heavy atom. The molecule has 4 nitrogen and oxygen atoms in total. The highest BCUT2D eigenvalue weighted by atomic mass is 16.5. The number of carbonyl (C=O) groups is 1. The molecule has 1 saturated carbocycles. The third-order valence-corrected chi connectivity index (χ3v) is 3.58. The number of ether oxygens (including phenoxy) is 1. The van der Waals surface area contributed by atoms with Crippen molar-refractivity contribution in [2.24, 2.45) is 11.8 Å². The molecule has 2 N–H and O–H groups in total. The quantitative estimate of drug-likeness (QED) is 0.740. The van der Waals surface area contributed by atoms with Crippen molar-refractivity contribution in [1.82, 2.24) is 5.32 Å². The van der Waals surface area contributed by atoms with E-state index in [1.165, 1.54) is 0 Å². The lowest BCUT2D eigenvalue weighted by molar-refractivity contribution is -0.127. The van der Waals surface area contributed by atoms with E-state index in [0.29, 0.717) is 13.0 Å². The Labute approximate surface area is 104 Å². The lowest BCUT2D eigenvalue weighted by Crippen LogP contribution is -2.42. The Bertz CT molecular complexity index is 219. The second kappa shape index (κ2) is 7.67. The maximum absolute atomic E-state index is 12.0. The number of amides is 1. The van der Waals surface area contributed by atoms with E-state index < -0.39 is 0 Å². The van der Waals surface area contributed by atoms with Crippen LogP contribution in [0.1, 0.15) is 39.0 Å². The summed E-state index contributed by atoms with van der Waals surface area (Å²) in [4.78, 5) is 12.0. The lowest BCUT2D eigenvalue weighted by Gasteiger charge is -2.27. The summed E-state index contributed by atoms with van der Waals surface area (Å²) in [6.45, 7) is 2.79. The van der Waals surface area contributed by atoms with Crippen LogP contribution in [-0.2, 0) is 9.53 Å². The first-order chi connectivity index (χ1) is 8.17. The second-order valence-electron chi connectivity index (χ2n) is 5.13. The van der Waals surface area contributed by atoms with Gasteiger partial charge in [-0.15, -0.1) is 0 Å². The summed E-state index contributed by atoms with van der Waals surface area (Å²) in [5.74, 6) is 1.04. The molecule has 0 aromatic heterocycles. The zero-order valence-corrected chi connectivity index (χ0v) is 10.9. The second-order valence-corrected chi connectivity index (χ2v) is 5.13. The molecule has 0 radical (unpaired) electrons. The monoisotopic (exact) mass is 243 g/mol. The predicted molar refractivity (Wildman–Crippen MR) is 66.6 cm³/mol. The fraction of sp³-hybridized carbons (Fsp3) is 0.923. The molecule has 1 atom stereocenters. The SMILES string of the molecule is COCC(CCO)NC(=O)C1CCC(C)CC1. The molecule has 1 unspecified atom stereocenters. The van der Waals surface area contributed by atoms with E-state index in [-0.39, 0.29) is 24.5 Å². The van der Waals surface area contributed by atoms with Gasteiger partial charge < -0.3 is 15.2 Å². The molecule has 1 fully saturated rings. The van der Waals surface area contributed by atoms with E-state index in [9.17, 15) is 4.79 Å². The van der Waals surface area contributed by atoms with Crippen molar-refractivity contribution >= 4 is 5.91 Å². The Morgan fingerprint density at radius 1 is 1.41 bits per heavy atom. The molecule has 0 aromatic carbocycles. The number of aliphatic hydroxyl groups is 1. The first kappa shape index (κ1) is 14.5. The van der Waals surface area contributed by atoms with Crippen LogP contribution in [0.25, 0.3) is 0 Å². The van der Waals surface area contributed by atoms with Crippen molar-refractivity contribution in [3.63, 3.8) is 0 Å². The molecule has 4 heteroatoms. The van der Waals surface area contributed by atoms with E-state index in [4.69, 9.17) is 9.84 Å². The van der Waals surface area contributed by atoms with Gasteiger partial charge in [0.2, 0.25) is 5.91 Å². The first-order valence-electron chi connectivity index (χ1n) is 6.57. The molecule has 100 valence electrons. The number of rotatable bonds is 6. The fourth-order valence-corrected chi connectivity index (χ4v) is 2.40. The number of hydrogen-bond donors (Lipinski definition) is 2. The van der Waals surface area contributed by atoms with Crippen LogP contribution in [0.15, 0.2) is 0 Å². The number of aliphatic hydroxyl groups excluding tert-OH is 1. The van der Waals surface area contributed by atoms with E-state index in [1.54, 1.807) is 7.11 Å². The van der Waals surface area contributed by atoms with E-state index in [1.807, 2.05) is 0 Å². The number of carbonyl (C=O) groups excluding carboxylic acids is 1. The van der Waals surface area contributed by atoms with Crippen molar-refractivity contribution in [2.75, 3.05) is 20.3 Å². The van der Waals surface area contributed by atoms with Crippen LogP contribution < -0.4 is 5.32 Å². The summed E-state index contributed by atoms with van der Waals surface area (Å²) in [6.07, 6.45) is 4.83. The van der Waals surface area contributed by atoms with Crippen LogP contribution in [0.4, 0.5) is 0 Å². The summed E-state index contributed by atoms with van der Waals surface area (Å²) in [7, 11) is 1.61. The number of methoxy groups -OCH3 is 1. The topological polar surface area (TPSA) is 58.6 Å². The molecule has 1 aliphatic carbocycles. The van der Waals surface area contributed by atoms with Gasteiger partial charge in [0.25, 0.3) is 0 Å². The third kappa shape index (κ3) is 5.04. The van der Waals surface area contributed by atoms with Crippen LogP contribution in [0.3, 0.4) is 0 Å². The van der Waals surface area contributed by atoms with Gasteiger partial charge in [0.15, 0.2) is 0 Å². The number of hydrogen-bond acceptors (Lipinski definition) is 3. The van der Waals surface area contributed by atoms with E-state index in [0.717, 1.165) is 31.6 Å². The predicted octanol–water partition coefficient (Wildman–Crippen LogP) is 1.33. The molecule has 0 spiro atoms. The molecule has 0 aromatic rings. The lowest BCUT2D eigenvalue weighted by atomic mass is 9.82. The van der Waals surface area contributed by atoms with E-state index in [2.05, 4.69) is 12.2 Å². The summed E-state index contributed by atoms with van der Waals surface area (Å²) in [5.41, 5.74) is 0. The zero-order chi connectivity index (χ0) is 12.7. The van der Waals surface area contributed by atoms with Gasteiger partial charge in [0.1, 0.15) is 0 Å². The highest BCUT2D eigenvalue weighted by Crippen LogP contribution is 2.28. The Morgan fingerprint density at radius 2 is 2.06 bits per heavy atom. The molecular weight excluding hydrogens is 218 g/mol. The molecule has 0 aliphatic heterocycles. The standard InChI is InChI=1S/C13H25NO3/c1-10-3-5-11(6-4-10)13(16)14-12(7-8-15)9-17-2/h10-12,15H,3-9H2,1-2H3,(H,14,16). The smallest absolute Gasteiger partial charge is 0.223 e. The summed E-state index contributed by atoms with van der Waals surface area (Å²) >= 11 is 0. The summed E-state index contributed by atoms with van der Waals surface area (Å²) < 4.78 is 5.04. The average molecular weight is 243 g/mol. The molecule has 1 amide bonds. The molecule has 17 heavy (non-hydrogen) atoms. The van der Waals surface area contributed by atoms with Gasteiger partial charge in [0.05, 0.1) is 12.6 Å². The largest absolute Gasteiger partial charge is 0.396 e. The van der Waals surface area contributed by atoms with Crippen LogP contribution in [0, 0.1) is 11.8 Å². The summed E-state index contributed by atoms with van der Waals surface area (Å²) in [5, 5.41) is 11.9. The van der Waals surface area contributed by atoms with Crippen molar-refractivity contribution in [3.05, 3.63) is 0 Å². The molecule has 0 heterocycles. The van der Waals surface area contributed by atoms with Crippen molar-refractivity contribution in [1.29, 1.82) is 0 Å². The first-order valence-corrected chi connectivity index (χ1v) is 6.57. The molecule has 1 rings (SSSR count). The van der Waals surface area contributed by atoms with Gasteiger partial charge in [-0.1, -0.05) is 6.92 Å². The maximum atomic E-state index is 12.0. The summed E-state index contributed by atoms with van der Waals surface area (Å²) in [6, 6.07) is -0.0585. The van der Waals surface area contributed by atoms with Crippen LogP contribution in [0.5, 0.6) is 0 Å². The van der Waals surface area contributed by atoms with Gasteiger partial charge in [-0.25, -0.2) is 0 Å². The average Bonchev–Trinajstić information content (AvgIpc) is 2.30. The highest BCUT2D eigenvalue weighted by Gasteiger charge is 2.25. The minimum absolute atomic E-state index is 0.0585. The van der Waals surface area contributed by atoms with Crippen LogP contribution in [-0.4, -0.2) is 37.4 Å². The Hall–Kier alpha value is -0.610. The van der Waals surface area contributed by atoms with Crippen molar-refractivity contribution in [3.8, 4) is 0 Å². The Kier molecular flexibility index (Phi) is 6.52. The zero-order valence-electron chi connectivity index (χ0n) is 10.9. The molecular formula is C13H25NO3. The normalized spacial score (nSPS) is 26.5. The maximum Gasteiger partial charge on any atom is 0.223 e. The van der Waals surface area contributed by atoms with Gasteiger partial charge in [-0.2, -0.15) is 0 Å². The Balaban J connectivity index is 2.35. The van der Waals surface area contributed by atoms with E-state index >= 15 is 0 Å². The highest BCUT2D eigenvalue weighted by molar-refractivity contribution is 5.79. The van der Waals surface area contributed by atoms with Gasteiger partial charge in [-0.05, 0) is 38.0 Å². The minimum atomic E-state index is -0.0585. The third-order valence-electron chi connectivity index (χ3n) is 3.58. The minimum Gasteiger partial charge on any atom is -0.396 e. The molecule has 0 bridgehead atoms. The van der Waals surface area contributed by atoms with Crippen LogP contribution >= 0.6 is 0 Å². The van der Waals surface area contributed by atoms with Gasteiger partial charge in [0, 0.05) is 19.6 Å². The molecule has 1 aliphatic rings. The van der Waals surface area contributed by atoms with Gasteiger partial charge >= 0.3 is 0 Å². The van der Waals surface area contributed by atoms with Crippen molar-refractivity contribution in [2.45, 2.75) is 45.1 Å². The fourth-order valence-electron chi connectivity index (χ4n) is 2.40. The van der Waals surface area contributed by atoms with Gasteiger partial charge in [-0.3, -0.25) is 4.79 Å². The molecule has 0 saturated heterocycles.